The molecule has 25 heavy (non-hydrogen) atoms. The average molecular weight is 372 g/mol. The quantitative estimate of drug-likeness (QED) is 0.797. The number of nitrogens with zero attached hydrogens (tertiary/aromatic N) is 1. The Morgan fingerprint density at radius 3 is 2.24 bits per heavy atom. The summed E-state index contributed by atoms with van der Waals surface area (Å²) >= 11 is 0. The van der Waals surface area contributed by atoms with Gasteiger partial charge in [-0.05, 0) is 57.5 Å². The standard InChI is InChI=1S/C19H33N3O2.ClH/c1-14(21-19(24)15-5-3-2-4-6-15)11-18(23)22-9-7-16-12-20-13-17(16)8-10-22;/h14-17,20H,2-13H2,1H3,(H,21,24);1H/t14?,16-,17+;. The number of amides is 2. The van der Waals surface area contributed by atoms with E-state index in [2.05, 4.69) is 10.6 Å². The third kappa shape index (κ3) is 5.58. The lowest BCUT2D eigenvalue weighted by Gasteiger charge is -2.25. The van der Waals surface area contributed by atoms with Gasteiger partial charge in [-0.3, -0.25) is 9.59 Å². The maximum atomic E-state index is 12.6. The molecule has 6 heteroatoms. The fraction of sp³-hybridized carbons (Fsp3) is 0.895. The molecule has 2 saturated heterocycles. The topological polar surface area (TPSA) is 61.4 Å². The van der Waals surface area contributed by atoms with Gasteiger partial charge in [-0.15, -0.1) is 12.4 Å². The van der Waals surface area contributed by atoms with E-state index in [0.717, 1.165) is 76.5 Å². The van der Waals surface area contributed by atoms with Gasteiger partial charge in [0.05, 0.1) is 0 Å². The van der Waals surface area contributed by atoms with Crippen LogP contribution in [0.5, 0.6) is 0 Å². The zero-order chi connectivity index (χ0) is 16.9. The van der Waals surface area contributed by atoms with Crippen LogP contribution < -0.4 is 10.6 Å². The zero-order valence-electron chi connectivity index (χ0n) is 15.5. The summed E-state index contributed by atoms with van der Waals surface area (Å²) in [4.78, 5) is 26.9. The van der Waals surface area contributed by atoms with Crippen molar-refractivity contribution in [1.29, 1.82) is 0 Å². The molecule has 1 saturated carbocycles. The average Bonchev–Trinajstić information content (AvgIpc) is 2.93. The molecule has 0 radical (unpaired) electrons. The molecule has 1 unspecified atom stereocenters. The minimum Gasteiger partial charge on any atom is -0.353 e. The lowest BCUT2D eigenvalue weighted by molar-refractivity contribution is -0.132. The first-order valence-electron chi connectivity index (χ1n) is 9.92. The highest BCUT2D eigenvalue weighted by atomic mass is 35.5. The van der Waals surface area contributed by atoms with Crippen LogP contribution in [0.25, 0.3) is 0 Å². The number of carbonyl (C=O) groups is 2. The molecular weight excluding hydrogens is 338 g/mol. The Hall–Kier alpha value is -0.810. The van der Waals surface area contributed by atoms with Crippen LogP contribution in [-0.2, 0) is 9.59 Å². The Bertz CT molecular complexity index is 440. The minimum absolute atomic E-state index is 0. The van der Waals surface area contributed by atoms with Gasteiger partial charge in [0.25, 0.3) is 0 Å². The molecule has 0 bridgehead atoms. The second kappa shape index (κ2) is 9.77. The van der Waals surface area contributed by atoms with Gasteiger partial charge in [-0.25, -0.2) is 0 Å². The van der Waals surface area contributed by atoms with E-state index in [1.807, 2.05) is 11.8 Å². The van der Waals surface area contributed by atoms with Gasteiger partial charge in [-0.1, -0.05) is 19.3 Å². The predicted molar refractivity (Wildman–Crippen MR) is 102 cm³/mol. The highest BCUT2D eigenvalue weighted by Gasteiger charge is 2.32. The number of fused-ring (bicyclic) bond motifs is 1. The molecular formula is C19H34ClN3O2. The molecule has 2 amide bonds. The molecule has 0 aromatic rings. The first-order valence-corrected chi connectivity index (χ1v) is 9.92. The van der Waals surface area contributed by atoms with Crippen molar-refractivity contribution in [1.82, 2.24) is 15.5 Å². The number of likely N-dealkylation sites (tertiary alicyclic amines) is 1. The molecule has 3 aliphatic rings. The molecule has 2 aliphatic heterocycles. The van der Waals surface area contributed by atoms with Crippen molar-refractivity contribution >= 4 is 24.2 Å². The van der Waals surface area contributed by atoms with Crippen molar-refractivity contribution in [2.24, 2.45) is 17.8 Å². The molecule has 0 spiro atoms. The van der Waals surface area contributed by atoms with Gasteiger partial charge < -0.3 is 15.5 Å². The number of hydrogen-bond acceptors (Lipinski definition) is 3. The van der Waals surface area contributed by atoms with Crippen molar-refractivity contribution in [3.05, 3.63) is 0 Å². The van der Waals surface area contributed by atoms with E-state index >= 15 is 0 Å². The van der Waals surface area contributed by atoms with Crippen LogP contribution in [0.1, 0.15) is 58.3 Å². The van der Waals surface area contributed by atoms with Crippen LogP contribution in [0.4, 0.5) is 0 Å². The summed E-state index contributed by atoms with van der Waals surface area (Å²) < 4.78 is 0. The number of halogens is 1. The van der Waals surface area contributed by atoms with E-state index < -0.39 is 0 Å². The number of carbonyl (C=O) groups excluding carboxylic acids is 2. The first-order chi connectivity index (χ1) is 11.6. The van der Waals surface area contributed by atoms with Crippen LogP contribution >= 0.6 is 12.4 Å². The molecule has 2 heterocycles. The summed E-state index contributed by atoms with van der Waals surface area (Å²) in [6, 6.07) is -0.0589. The Labute approximate surface area is 158 Å². The molecule has 0 aromatic carbocycles. The van der Waals surface area contributed by atoms with Crippen LogP contribution in [0, 0.1) is 17.8 Å². The lowest BCUT2D eigenvalue weighted by Crippen LogP contribution is -2.42. The Kier molecular flexibility index (Phi) is 8.01. The highest BCUT2D eigenvalue weighted by molar-refractivity contribution is 5.85. The van der Waals surface area contributed by atoms with Crippen molar-refractivity contribution in [2.45, 2.75) is 64.3 Å². The van der Waals surface area contributed by atoms with Crippen LogP contribution in [0.2, 0.25) is 0 Å². The molecule has 2 N–H and O–H groups in total. The predicted octanol–water partition coefficient (Wildman–Crippen LogP) is 2.34. The van der Waals surface area contributed by atoms with Gasteiger partial charge in [0, 0.05) is 31.5 Å². The Balaban J connectivity index is 0.00000225. The summed E-state index contributed by atoms with van der Waals surface area (Å²) in [5.41, 5.74) is 0. The zero-order valence-corrected chi connectivity index (χ0v) is 16.3. The summed E-state index contributed by atoms with van der Waals surface area (Å²) in [6.45, 7) is 5.95. The van der Waals surface area contributed by atoms with E-state index in [1.165, 1.54) is 6.42 Å². The SMILES string of the molecule is CC(CC(=O)N1CC[C@@H]2CNC[C@@H]2CC1)NC(=O)C1CCCCC1.Cl. The van der Waals surface area contributed by atoms with Gasteiger partial charge in [-0.2, -0.15) is 0 Å². The molecule has 1 aliphatic carbocycles. The van der Waals surface area contributed by atoms with E-state index in [1.54, 1.807) is 0 Å². The normalized spacial score (nSPS) is 28.4. The number of nitrogens with one attached hydrogen (secondary N) is 2. The fourth-order valence-electron chi connectivity index (χ4n) is 4.64. The second-order valence-corrected chi connectivity index (χ2v) is 8.09. The van der Waals surface area contributed by atoms with E-state index in [-0.39, 0.29) is 36.2 Å². The molecule has 3 rings (SSSR count). The van der Waals surface area contributed by atoms with Crippen molar-refractivity contribution in [3.8, 4) is 0 Å². The minimum atomic E-state index is -0.0589. The summed E-state index contributed by atoms with van der Waals surface area (Å²) in [5.74, 6) is 2.02. The van der Waals surface area contributed by atoms with Gasteiger partial charge in [0.15, 0.2) is 0 Å². The van der Waals surface area contributed by atoms with E-state index in [0.29, 0.717) is 6.42 Å². The van der Waals surface area contributed by atoms with Crippen molar-refractivity contribution < 1.29 is 9.59 Å². The number of hydrogen-bond donors (Lipinski definition) is 2. The van der Waals surface area contributed by atoms with Crippen LogP contribution in [-0.4, -0.2) is 48.9 Å². The van der Waals surface area contributed by atoms with Crippen LogP contribution in [0.15, 0.2) is 0 Å². The lowest BCUT2D eigenvalue weighted by atomic mass is 9.88. The maximum Gasteiger partial charge on any atom is 0.224 e. The van der Waals surface area contributed by atoms with Crippen LogP contribution in [0.3, 0.4) is 0 Å². The first kappa shape index (κ1) is 20.5. The van der Waals surface area contributed by atoms with Gasteiger partial charge in [0.1, 0.15) is 0 Å². The third-order valence-corrected chi connectivity index (χ3v) is 6.22. The van der Waals surface area contributed by atoms with Gasteiger partial charge >= 0.3 is 0 Å². The molecule has 3 atom stereocenters. The molecule has 5 nitrogen and oxygen atoms in total. The van der Waals surface area contributed by atoms with Crippen molar-refractivity contribution in [3.63, 3.8) is 0 Å². The summed E-state index contributed by atoms with van der Waals surface area (Å²) in [7, 11) is 0. The van der Waals surface area contributed by atoms with E-state index in [4.69, 9.17) is 0 Å². The Morgan fingerprint density at radius 2 is 1.64 bits per heavy atom. The maximum absolute atomic E-state index is 12.6. The van der Waals surface area contributed by atoms with Gasteiger partial charge in [0.2, 0.25) is 11.8 Å². The molecule has 144 valence electrons. The molecule has 3 fully saturated rings. The smallest absolute Gasteiger partial charge is 0.224 e. The summed E-state index contributed by atoms with van der Waals surface area (Å²) in [6.07, 6.45) is 8.27. The number of rotatable bonds is 4. The fourth-order valence-corrected chi connectivity index (χ4v) is 4.64. The Morgan fingerprint density at radius 1 is 1.04 bits per heavy atom. The molecule has 0 aromatic heterocycles. The summed E-state index contributed by atoms with van der Waals surface area (Å²) in [5, 5.41) is 6.55. The third-order valence-electron chi connectivity index (χ3n) is 6.22. The highest BCUT2D eigenvalue weighted by Crippen LogP contribution is 2.27. The monoisotopic (exact) mass is 371 g/mol. The van der Waals surface area contributed by atoms with E-state index in [9.17, 15) is 9.59 Å². The second-order valence-electron chi connectivity index (χ2n) is 8.09. The largest absolute Gasteiger partial charge is 0.353 e. The van der Waals surface area contributed by atoms with Crippen molar-refractivity contribution in [2.75, 3.05) is 26.2 Å².